The number of thiophene rings is 1. The lowest BCUT2D eigenvalue weighted by molar-refractivity contribution is -0.125. The molecule has 4 rings (SSSR count). The third-order valence-corrected chi connectivity index (χ3v) is 5.48. The number of ether oxygens (including phenoxy) is 2. The van der Waals surface area contributed by atoms with Crippen LogP contribution in [0.3, 0.4) is 0 Å². The summed E-state index contributed by atoms with van der Waals surface area (Å²) in [5.74, 6) is -1.07. The Hall–Kier alpha value is -2.62. The van der Waals surface area contributed by atoms with E-state index in [2.05, 4.69) is 5.32 Å². The van der Waals surface area contributed by atoms with Crippen LogP contribution in [0.25, 0.3) is 0 Å². The van der Waals surface area contributed by atoms with Gasteiger partial charge in [-0.25, -0.2) is 4.79 Å². The first-order chi connectivity index (χ1) is 15.4. The largest absolute Gasteiger partial charge is 0.442 e. The fourth-order valence-corrected chi connectivity index (χ4v) is 3.77. The van der Waals surface area contributed by atoms with Gasteiger partial charge >= 0.3 is 6.09 Å². The topological polar surface area (TPSA) is 88.2 Å². The molecule has 1 aromatic carbocycles. The smallest absolute Gasteiger partial charge is 0.414 e. The Bertz CT molecular complexity index is 1100. The number of cyclic esters (lactones) is 1. The number of amides is 3. The van der Waals surface area contributed by atoms with Crippen LogP contribution in [0.15, 0.2) is 36.4 Å². The number of hydrogen-bond acceptors (Lipinski definition) is 6. The van der Waals surface area contributed by atoms with E-state index in [0.717, 1.165) is 11.3 Å². The third-order valence-electron chi connectivity index (χ3n) is 4.25. The van der Waals surface area contributed by atoms with Crippen LogP contribution in [0, 0.1) is 0 Å². The number of nitrogens with zero attached hydrogens (tertiary/aromatic N) is 2. The normalized spacial score (nSPS) is 23.7. The summed E-state index contributed by atoms with van der Waals surface area (Å²) in [4.78, 5) is 39.5. The van der Waals surface area contributed by atoms with Crippen molar-refractivity contribution in [1.82, 2.24) is 5.32 Å². The zero-order valence-electron chi connectivity index (χ0n) is 18.9. The molecule has 1 N–H and O–H groups in total. The lowest BCUT2D eigenvalue weighted by atomic mass is 10.2. The van der Waals surface area contributed by atoms with Crippen molar-refractivity contribution in [3.63, 3.8) is 0 Å². The Morgan fingerprint density at radius 2 is 1.97 bits per heavy atom. The molecule has 10 heteroatoms. The molecule has 152 valence electrons. The van der Waals surface area contributed by atoms with Gasteiger partial charge in [-0.1, -0.05) is 11.6 Å². The maximum atomic E-state index is 12.4. The van der Waals surface area contributed by atoms with E-state index in [1.54, 1.807) is 24.3 Å². The highest BCUT2D eigenvalue weighted by Crippen LogP contribution is 2.26. The molecule has 0 spiro atoms. The molecule has 1 atom stereocenters. The van der Waals surface area contributed by atoms with Crippen LogP contribution in [-0.2, 0) is 14.3 Å². The Balaban J connectivity index is 1.44. The van der Waals surface area contributed by atoms with E-state index in [0.29, 0.717) is 15.7 Å². The van der Waals surface area contributed by atoms with Crippen LogP contribution < -0.4 is 15.1 Å². The first-order valence-electron chi connectivity index (χ1n) is 10.6. The Morgan fingerprint density at radius 3 is 2.66 bits per heavy atom. The van der Waals surface area contributed by atoms with Gasteiger partial charge in [0, 0.05) is 17.9 Å². The maximum Gasteiger partial charge on any atom is 0.414 e. The van der Waals surface area contributed by atoms with Crippen LogP contribution in [0.5, 0.6) is 0 Å². The number of carbonyl (C=O) groups is 3. The summed E-state index contributed by atoms with van der Waals surface area (Å²) in [6.45, 7) is -5.12. The molecule has 2 saturated heterocycles. The standard InChI is InChI=1S/C19H18ClN3O5S/c20-16-6-5-15(29-16)18(25)21-9-14-10-23(19(26)28-14)13-3-1-12(2-4-13)22-7-8-27-11-17(22)24/h1-6,14H,7-11H2,(H,21,25)/t14-/m0/s1/i8D2,9D2. The van der Waals surface area contributed by atoms with Gasteiger partial charge in [0.1, 0.15) is 12.7 Å². The van der Waals surface area contributed by atoms with Gasteiger partial charge in [0.2, 0.25) is 0 Å². The number of carbonyl (C=O) groups excluding carboxylic acids is 3. The molecular formula is C19H18ClN3O5S. The van der Waals surface area contributed by atoms with Gasteiger partial charge in [-0.15, -0.1) is 11.3 Å². The second kappa shape index (κ2) is 8.40. The molecular weight excluding hydrogens is 418 g/mol. The number of rotatable bonds is 5. The number of anilines is 2. The lowest BCUT2D eigenvalue weighted by Crippen LogP contribution is -2.41. The lowest BCUT2D eigenvalue weighted by Gasteiger charge is -2.27. The summed E-state index contributed by atoms with van der Waals surface area (Å²) in [5.41, 5.74) is 0.819. The summed E-state index contributed by atoms with van der Waals surface area (Å²) in [6.07, 6.45) is -2.05. The summed E-state index contributed by atoms with van der Waals surface area (Å²) in [7, 11) is 0. The minimum Gasteiger partial charge on any atom is -0.442 e. The first-order valence-corrected chi connectivity index (χ1v) is 9.75. The van der Waals surface area contributed by atoms with E-state index >= 15 is 0 Å². The Labute approximate surface area is 181 Å². The second-order valence-electron chi connectivity index (χ2n) is 6.11. The molecule has 0 aliphatic carbocycles. The van der Waals surface area contributed by atoms with Crippen molar-refractivity contribution in [3.05, 3.63) is 45.6 Å². The number of hydrogen-bond donors (Lipinski definition) is 1. The Morgan fingerprint density at radius 1 is 1.24 bits per heavy atom. The molecule has 3 amide bonds. The molecule has 2 aromatic rings. The highest BCUT2D eigenvalue weighted by atomic mass is 35.5. The van der Waals surface area contributed by atoms with E-state index in [1.165, 1.54) is 21.9 Å². The molecule has 0 unspecified atom stereocenters. The van der Waals surface area contributed by atoms with E-state index in [4.69, 9.17) is 26.6 Å². The SMILES string of the molecule is [2H]C1([2H])CN(c2ccc(N3C[C@H](C([2H])([2H])NC(=O)c4ccc(Cl)s4)OC3=O)cc2)C(=O)CO1. The monoisotopic (exact) mass is 439 g/mol. The van der Waals surface area contributed by atoms with E-state index in [9.17, 15) is 14.4 Å². The predicted octanol–water partition coefficient (Wildman–Crippen LogP) is 2.52. The first kappa shape index (κ1) is 15.3. The van der Waals surface area contributed by atoms with Gasteiger partial charge in [-0.3, -0.25) is 14.5 Å². The van der Waals surface area contributed by atoms with Crippen LogP contribution in [0.4, 0.5) is 16.2 Å². The molecule has 8 nitrogen and oxygen atoms in total. The minimum absolute atomic E-state index is 0.157. The van der Waals surface area contributed by atoms with Crippen LogP contribution >= 0.6 is 22.9 Å². The van der Waals surface area contributed by atoms with Gasteiger partial charge in [0.25, 0.3) is 11.8 Å². The van der Waals surface area contributed by atoms with Crippen LogP contribution in [-0.4, -0.2) is 56.8 Å². The van der Waals surface area contributed by atoms with Crippen molar-refractivity contribution in [2.45, 2.75) is 6.10 Å². The summed E-state index contributed by atoms with van der Waals surface area (Å²) < 4.78 is 42.2. The van der Waals surface area contributed by atoms with E-state index < -0.39 is 37.1 Å². The van der Waals surface area contributed by atoms with Gasteiger partial charge in [-0.05, 0) is 36.4 Å². The average molecular weight is 440 g/mol. The summed E-state index contributed by atoms with van der Waals surface area (Å²) >= 11 is 6.81. The van der Waals surface area contributed by atoms with Crippen LogP contribution in [0.1, 0.15) is 15.2 Å². The quantitative estimate of drug-likeness (QED) is 0.773. The van der Waals surface area contributed by atoms with Gasteiger partial charge < -0.3 is 19.7 Å². The maximum absolute atomic E-state index is 12.4. The fourth-order valence-electron chi connectivity index (χ4n) is 2.83. The molecule has 2 aliphatic heterocycles. The molecule has 3 heterocycles. The zero-order valence-corrected chi connectivity index (χ0v) is 16.5. The molecule has 1 aromatic heterocycles. The van der Waals surface area contributed by atoms with Crippen LogP contribution in [0.2, 0.25) is 4.34 Å². The third kappa shape index (κ3) is 4.36. The molecule has 2 fully saturated rings. The van der Waals surface area contributed by atoms with Crippen molar-refractivity contribution in [1.29, 1.82) is 0 Å². The molecule has 2 aliphatic rings. The molecule has 0 saturated carbocycles. The van der Waals surface area contributed by atoms with Gasteiger partial charge in [-0.2, -0.15) is 0 Å². The molecule has 29 heavy (non-hydrogen) atoms. The van der Waals surface area contributed by atoms with Crippen molar-refractivity contribution < 1.29 is 29.3 Å². The summed E-state index contributed by atoms with van der Waals surface area (Å²) in [6, 6.07) is 9.17. The minimum atomic E-state index is -2.34. The highest BCUT2D eigenvalue weighted by molar-refractivity contribution is 7.18. The zero-order chi connectivity index (χ0) is 24.0. The highest BCUT2D eigenvalue weighted by Gasteiger charge is 2.33. The van der Waals surface area contributed by atoms with Gasteiger partial charge in [0.15, 0.2) is 0 Å². The second-order valence-corrected chi connectivity index (χ2v) is 7.83. The van der Waals surface area contributed by atoms with Crippen molar-refractivity contribution >= 4 is 52.2 Å². The van der Waals surface area contributed by atoms with Gasteiger partial charge in [0.05, 0.1) is 34.3 Å². The number of nitrogens with one attached hydrogen (secondary N) is 1. The number of halogens is 1. The molecule has 0 bridgehead atoms. The fraction of sp³-hybridized carbons (Fsp3) is 0.316. The molecule has 0 radical (unpaired) electrons. The number of morpholine rings is 1. The Kier molecular flexibility index (Phi) is 4.42. The van der Waals surface area contributed by atoms with E-state index in [1.807, 2.05) is 0 Å². The van der Waals surface area contributed by atoms with Crippen molar-refractivity contribution in [2.24, 2.45) is 0 Å². The summed E-state index contributed by atoms with van der Waals surface area (Å²) in [5, 5.41) is 2.24. The predicted molar refractivity (Wildman–Crippen MR) is 109 cm³/mol. The number of benzene rings is 1. The van der Waals surface area contributed by atoms with Crippen molar-refractivity contribution in [2.75, 3.05) is 42.6 Å². The van der Waals surface area contributed by atoms with Crippen molar-refractivity contribution in [3.8, 4) is 0 Å². The van der Waals surface area contributed by atoms with E-state index in [-0.39, 0.29) is 24.6 Å². The average Bonchev–Trinajstić information content (AvgIpc) is 3.36.